The quantitative estimate of drug-likeness (QED) is 0.876. The third kappa shape index (κ3) is 3.72. The van der Waals surface area contributed by atoms with Crippen LogP contribution in [-0.2, 0) is 13.2 Å². The molecule has 102 valence electrons. The molecule has 2 aromatic rings. The Morgan fingerprint density at radius 3 is 2.84 bits per heavy atom. The van der Waals surface area contributed by atoms with Crippen molar-refractivity contribution in [3.63, 3.8) is 0 Å². The zero-order valence-electron chi connectivity index (χ0n) is 10.6. The zero-order chi connectivity index (χ0) is 13.7. The first-order valence-corrected chi connectivity index (χ1v) is 6.43. The van der Waals surface area contributed by atoms with Crippen LogP contribution in [0, 0.1) is 5.82 Å². The number of halogens is 2. The van der Waals surface area contributed by atoms with E-state index in [9.17, 15) is 4.39 Å². The molecule has 19 heavy (non-hydrogen) atoms. The fourth-order valence-electron chi connectivity index (χ4n) is 1.59. The minimum Gasteiger partial charge on any atom is -0.483 e. The number of hydrogen-bond acceptors (Lipinski definition) is 3. The topological polar surface area (TPSA) is 34.4 Å². The van der Waals surface area contributed by atoms with Gasteiger partial charge < -0.3 is 14.5 Å². The van der Waals surface area contributed by atoms with Crippen molar-refractivity contribution in [1.29, 1.82) is 0 Å². The van der Waals surface area contributed by atoms with Crippen LogP contribution >= 0.6 is 11.6 Å². The van der Waals surface area contributed by atoms with Gasteiger partial charge in [0.2, 0.25) is 0 Å². The Kier molecular flexibility index (Phi) is 4.82. The highest BCUT2D eigenvalue weighted by atomic mass is 35.5. The fourth-order valence-corrected chi connectivity index (χ4v) is 1.75. The summed E-state index contributed by atoms with van der Waals surface area (Å²) in [7, 11) is 0. The van der Waals surface area contributed by atoms with E-state index in [0.717, 1.165) is 12.3 Å². The van der Waals surface area contributed by atoms with Gasteiger partial charge in [0.1, 0.15) is 18.1 Å². The van der Waals surface area contributed by atoms with Gasteiger partial charge in [0.25, 0.3) is 0 Å². The average molecular weight is 284 g/mol. The van der Waals surface area contributed by atoms with Gasteiger partial charge in [0, 0.05) is 0 Å². The van der Waals surface area contributed by atoms with Gasteiger partial charge in [-0.1, -0.05) is 24.6 Å². The van der Waals surface area contributed by atoms with Gasteiger partial charge in [-0.15, -0.1) is 0 Å². The number of benzene rings is 1. The molecule has 1 aromatic carbocycles. The Morgan fingerprint density at radius 2 is 2.05 bits per heavy atom. The summed E-state index contributed by atoms with van der Waals surface area (Å²) < 4.78 is 24.5. The maximum atomic E-state index is 13.6. The van der Waals surface area contributed by atoms with Crippen molar-refractivity contribution in [3.8, 4) is 5.75 Å². The fraction of sp³-hybridized carbons (Fsp3) is 0.286. The lowest BCUT2D eigenvalue weighted by Crippen LogP contribution is -2.10. The largest absolute Gasteiger partial charge is 0.483 e. The van der Waals surface area contributed by atoms with Crippen molar-refractivity contribution >= 4 is 11.6 Å². The third-order valence-corrected chi connectivity index (χ3v) is 2.84. The minimum atomic E-state index is -0.552. The lowest BCUT2D eigenvalue weighted by molar-refractivity contribution is 0.254. The Morgan fingerprint density at radius 1 is 1.26 bits per heavy atom. The lowest BCUT2D eigenvalue weighted by atomic mass is 10.3. The van der Waals surface area contributed by atoms with Crippen LogP contribution in [0.4, 0.5) is 4.39 Å². The van der Waals surface area contributed by atoms with Crippen molar-refractivity contribution in [2.75, 3.05) is 6.54 Å². The van der Waals surface area contributed by atoms with Crippen molar-refractivity contribution < 1.29 is 13.5 Å². The second-order valence-electron chi connectivity index (χ2n) is 3.99. The van der Waals surface area contributed by atoms with Crippen LogP contribution < -0.4 is 10.1 Å². The predicted octanol–water partition coefficient (Wildman–Crippen LogP) is 3.76. The van der Waals surface area contributed by atoms with E-state index in [0.29, 0.717) is 12.3 Å². The second-order valence-corrected chi connectivity index (χ2v) is 4.40. The van der Waals surface area contributed by atoms with Gasteiger partial charge >= 0.3 is 0 Å². The smallest absolute Gasteiger partial charge is 0.183 e. The molecule has 0 radical (unpaired) electrons. The molecule has 0 bridgehead atoms. The van der Waals surface area contributed by atoms with Crippen LogP contribution in [0.15, 0.2) is 34.7 Å². The molecule has 0 aliphatic heterocycles. The molecule has 0 aliphatic carbocycles. The first kappa shape index (κ1) is 13.9. The van der Waals surface area contributed by atoms with Crippen LogP contribution in [0.1, 0.15) is 18.4 Å². The maximum absolute atomic E-state index is 13.6. The summed E-state index contributed by atoms with van der Waals surface area (Å²) in [5.74, 6) is 1.04. The molecular formula is C14H15ClFNO2. The second kappa shape index (κ2) is 6.59. The summed E-state index contributed by atoms with van der Waals surface area (Å²) in [4.78, 5) is 0. The molecule has 0 saturated carbocycles. The molecule has 0 amide bonds. The van der Waals surface area contributed by atoms with Crippen molar-refractivity contribution in [3.05, 3.63) is 52.7 Å². The van der Waals surface area contributed by atoms with Crippen molar-refractivity contribution in [2.45, 2.75) is 20.1 Å². The van der Waals surface area contributed by atoms with Crippen LogP contribution in [-0.4, -0.2) is 6.54 Å². The Labute approximate surface area is 116 Å². The summed E-state index contributed by atoms with van der Waals surface area (Å²) in [6.45, 7) is 3.74. The van der Waals surface area contributed by atoms with Gasteiger partial charge in [0.15, 0.2) is 11.6 Å². The highest BCUT2D eigenvalue weighted by molar-refractivity contribution is 6.30. The van der Waals surface area contributed by atoms with E-state index in [1.165, 1.54) is 12.1 Å². The van der Waals surface area contributed by atoms with E-state index in [2.05, 4.69) is 5.32 Å². The van der Waals surface area contributed by atoms with E-state index < -0.39 is 5.82 Å². The summed E-state index contributed by atoms with van der Waals surface area (Å²) in [5.41, 5.74) is 0. The van der Waals surface area contributed by atoms with Crippen molar-refractivity contribution in [2.24, 2.45) is 0 Å². The molecule has 0 saturated heterocycles. The molecule has 0 fully saturated rings. The van der Waals surface area contributed by atoms with Gasteiger partial charge in [-0.25, -0.2) is 4.39 Å². The lowest BCUT2D eigenvalue weighted by Gasteiger charge is -2.06. The molecule has 0 aliphatic rings. The summed E-state index contributed by atoms with van der Waals surface area (Å²) in [6.07, 6.45) is 0. The molecule has 0 atom stereocenters. The number of rotatable bonds is 6. The van der Waals surface area contributed by atoms with E-state index in [1.807, 2.05) is 19.1 Å². The van der Waals surface area contributed by atoms with Gasteiger partial charge in [0.05, 0.1) is 11.6 Å². The molecule has 0 unspecified atom stereocenters. The van der Waals surface area contributed by atoms with Crippen LogP contribution in [0.2, 0.25) is 5.02 Å². The van der Waals surface area contributed by atoms with Crippen LogP contribution in [0.5, 0.6) is 5.75 Å². The SMILES string of the molecule is CCNCc1ccc(COc2cccc(Cl)c2F)o1. The Bertz CT molecular complexity index is 542. The van der Waals surface area contributed by atoms with Gasteiger partial charge in [-0.2, -0.15) is 0 Å². The molecule has 2 rings (SSSR count). The summed E-state index contributed by atoms with van der Waals surface area (Å²) in [5, 5.41) is 3.20. The Balaban J connectivity index is 1.95. The molecule has 5 heteroatoms. The molecule has 1 heterocycles. The number of hydrogen-bond donors (Lipinski definition) is 1. The minimum absolute atomic E-state index is 0.0461. The standard InChI is InChI=1S/C14H15ClFNO2/c1-2-17-8-10-6-7-11(19-10)9-18-13-5-3-4-12(15)14(13)16/h3-7,17H,2,8-9H2,1H3. The highest BCUT2D eigenvalue weighted by Gasteiger charge is 2.08. The maximum Gasteiger partial charge on any atom is 0.183 e. The van der Waals surface area contributed by atoms with Crippen molar-refractivity contribution in [1.82, 2.24) is 5.32 Å². The molecule has 1 N–H and O–H groups in total. The highest BCUT2D eigenvalue weighted by Crippen LogP contribution is 2.25. The van der Waals surface area contributed by atoms with Crippen LogP contribution in [0.3, 0.4) is 0 Å². The number of nitrogens with one attached hydrogen (secondary N) is 1. The van der Waals surface area contributed by atoms with E-state index >= 15 is 0 Å². The monoisotopic (exact) mass is 283 g/mol. The van der Waals surface area contributed by atoms with Gasteiger partial charge in [-0.3, -0.25) is 0 Å². The first-order chi connectivity index (χ1) is 9.20. The third-order valence-electron chi connectivity index (χ3n) is 2.55. The van der Waals surface area contributed by atoms with E-state index in [4.69, 9.17) is 20.8 Å². The predicted molar refractivity (Wildman–Crippen MR) is 71.8 cm³/mol. The van der Waals surface area contributed by atoms with Crippen LogP contribution in [0.25, 0.3) is 0 Å². The summed E-state index contributed by atoms with van der Waals surface area (Å²) >= 11 is 5.67. The first-order valence-electron chi connectivity index (χ1n) is 6.06. The normalized spacial score (nSPS) is 10.7. The van der Waals surface area contributed by atoms with E-state index in [1.54, 1.807) is 6.07 Å². The molecule has 0 spiro atoms. The van der Waals surface area contributed by atoms with Gasteiger partial charge in [-0.05, 0) is 30.8 Å². The summed E-state index contributed by atoms with van der Waals surface area (Å²) in [6, 6.07) is 8.33. The number of furan rings is 1. The molecular weight excluding hydrogens is 269 g/mol. The number of ether oxygens (including phenoxy) is 1. The average Bonchev–Trinajstić information content (AvgIpc) is 2.86. The Hall–Kier alpha value is -1.52. The molecule has 3 nitrogen and oxygen atoms in total. The zero-order valence-corrected chi connectivity index (χ0v) is 11.3. The van der Waals surface area contributed by atoms with E-state index in [-0.39, 0.29) is 17.4 Å². The molecule has 1 aromatic heterocycles.